The largest absolute Gasteiger partial charge is 0.348 e. The molecule has 1 unspecified atom stereocenters. The summed E-state index contributed by atoms with van der Waals surface area (Å²) in [6, 6.07) is 1.82. The van der Waals surface area contributed by atoms with Crippen molar-refractivity contribution < 1.29 is 14.8 Å². The van der Waals surface area contributed by atoms with Crippen LogP contribution in [-0.2, 0) is 4.79 Å². The number of rotatable bonds is 5. The van der Waals surface area contributed by atoms with Gasteiger partial charge in [0.25, 0.3) is 5.91 Å². The highest BCUT2D eigenvalue weighted by atomic mass is 32.1. The highest BCUT2D eigenvalue weighted by Gasteiger charge is 2.26. The Morgan fingerprint density at radius 3 is 2.65 bits per heavy atom. The van der Waals surface area contributed by atoms with Gasteiger partial charge in [-0.05, 0) is 58.0 Å². The van der Waals surface area contributed by atoms with Crippen LogP contribution < -0.4 is 10.8 Å². The summed E-state index contributed by atoms with van der Waals surface area (Å²) in [6.45, 7) is 5.75. The summed E-state index contributed by atoms with van der Waals surface area (Å²) in [5.41, 5.74) is 2.48. The molecule has 1 saturated heterocycles. The van der Waals surface area contributed by atoms with E-state index in [-0.39, 0.29) is 17.9 Å². The van der Waals surface area contributed by atoms with E-state index in [0.29, 0.717) is 4.88 Å². The third kappa shape index (κ3) is 4.31. The van der Waals surface area contributed by atoms with E-state index in [0.717, 1.165) is 42.8 Å². The molecule has 1 atom stereocenters. The number of nitrogens with zero attached hydrogens (tertiary/aromatic N) is 1. The summed E-state index contributed by atoms with van der Waals surface area (Å²) < 4.78 is 0. The monoisotopic (exact) mass is 339 g/mol. The van der Waals surface area contributed by atoms with Crippen molar-refractivity contribution in [2.75, 3.05) is 20.1 Å². The van der Waals surface area contributed by atoms with Gasteiger partial charge in [0.2, 0.25) is 5.91 Å². The lowest BCUT2D eigenvalue weighted by atomic mass is 9.95. The first-order chi connectivity index (χ1) is 11.0. The Balaban J connectivity index is 2.05. The first-order valence-corrected chi connectivity index (χ1v) is 8.81. The maximum absolute atomic E-state index is 12.5. The zero-order valence-corrected chi connectivity index (χ0v) is 14.7. The number of nitrogens with one attached hydrogen (secondary N) is 2. The second kappa shape index (κ2) is 7.90. The Kier molecular flexibility index (Phi) is 6.15. The van der Waals surface area contributed by atoms with Crippen LogP contribution in [-0.4, -0.2) is 42.1 Å². The zero-order chi connectivity index (χ0) is 17.0. The summed E-state index contributed by atoms with van der Waals surface area (Å²) in [4.78, 5) is 27.8. The highest BCUT2D eigenvalue weighted by Crippen LogP contribution is 2.29. The van der Waals surface area contributed by atoms with Crippen LogP contribution in [0.1, 0.15) is 52.3 Å². The molecule has 1 aliphatic heterocycles. The van der Waals surface area contributed by atoms with Crippen molar-refractivity contribution in [1.82, 2.24) is 15.7 Å². The Morgan fingerprint density at radius 2 is 2.09 bits per heavy atom. The van der Waals surface area contributed by atoms with Gasteiger partial charge in [-0.2, -0.15) is 0 Å². The molecule has 2 amide bonds. The molecule has 0 saturated carbocycles. The first-order valence-electron chi connectivity index (χ1n) is 7.99. The number of hydroxylamine groups is 1. The number of carbonyl (C=O) groups excluding carboxylic acids is 2. The molecule has 0 aromatic carbocycles. The van der Waals surface area contributed by atoms with Crippen molar-refractivity contribution in [3.8, 4) is 0 Å². The van der Waals surface area contributed by atoms with Crippen LogP contribution in [0, 0.1) is 12.8 Å². The molecule has 1 fully saturated rings. The summed E-state index contributed by atoms with van der Waals surface area (Å²) >= 11 is 1.32. The molecule has 1 aromatic rings. The van der Waals surface area contributed by atoms with Gasteiger partial charge in [0, 0.05) is 10.8 Å². The Bertz CT molecular complexity index is 565. The second-order valence-electron chi connectivity index (χ2n) is 6.15. The van der Waals surface area contributed by atoms with E-state index in [2.05, 4.69) is 17.3 Å². The van der Waals surface area contributed by atoms with Gasteiger partial charge in [-0.25, -0.2) is 5.48 Å². The molecule has 6 nitrogen and oxygen atoms in total. The smallest absolute Gasteiger partial charge is 0.284 e. The van der Waals surface area contributed by atoms with Crippen LogP contribution in [0.3, 0.4) is 0 Å². The number of piperidine rings is 1. The number of hydrogen-bond acceptors (Lipinski definition) is 5. The number of aryl methyl sites for hydroxylation is 1. The molecule has 128 valence electrons. The van der Waals surface area contributed by atoms with Gasteiger partial charge in [0.1, 0.15) is 0 Å². The van der Waals surface area contributed by atoms with Crippen LogP contribution in [0.2, 0.25) is 0 Å². The van der Waals surface area contributed by atoms with Crippen LogP contribution in [0.15, 0.2) is 6.07 Å². The lowest BCUT2D eigenvalue weighted by Gasteiger charge is -2.29. The van der Waals surface area contributed by atoms with Crippen molar-refractivity contribution in [1.29, 1.82) is 0 Å². The molecule has 23 heavy (non-hydrogen) atoms. The standard InChI is InChI=1S/C16H25N3O3S/c1-4-12(13-9-10(2)14(23-13)16(21)18-22)17-15(20)11-5-7-19(3)8-6-11/h9,11-12,22H,4-8H2,1-3H3,(H,17,20)(H,18,21). The molecule has 2 rings (SSSR count). The molecule has 1 aromatic heterocycles. The fourth-order valence-corrected chi connectivity index (χ4v) is 4.09. The van der Waals surface area contributed by atoms with Gasteiger partial charge in [-0.15, -0.1) is 11.3 Å². The van der Waals surface area contributed by atoms with E-state index < -0.39 is 5.91 Å². The summed E-state index contributed by atoms with van der Waals surface area (Å²) in [7, 11) is 2.07. The van der Waals surface area contributed by atoms with Crippen molar-refractivity contribution in [3.63, 3.8) is 0 Å². The van der Waals surface area contributed by atoms with E-state index in [1.54, 1.807) is 5.48 Å². The van der Waals surface area contributed by atoms with Crippen LogP contribution in [0.25, 0.3) is 0 Å². The quantitative estimate of drug-likeness (QED) is 0.567. The van der Waals surface area contributed by atoms with E-state index in [9.17, 15) is 9.59 Å². The summed E-state index contributed by atoms with van der Waals surface area (Å²) in [6.07, 6.45) is 2.54. The molecule has 0 bridgehead atoms. The SMILES string of the molecule is CCC(NC(=O)C1CCN(C)CC1)c1cc(C)c(C(=O)NO)s1. The van der Waals surface area contributed by atoms with Crippen molar-refractivity contribution in [3.05, 3.63) is 21.4 Å². The van der Waals surface area contributed by atoms with Gasteiger partial charge in [0.15, 0.2) is 0 Å². The Hall–Kier alpha value is -1.44. The molecule has 0 spiro atoms. The maximum Gasteiger partial charge on any atom is 0.284 e. The van der Waals surface area contributed by atoms with Crippen LogP contribution >= 0.6 is 11.3 Å². The number of hydrogen-bond donors (Lipinski definition) is 3. The minimum Gasteiger partial charge on any atom is -0.348 e. The van der Waals surface area contributed by atoms with Gasteiger partial charge in [0.05, 0.1) is 10.9 Å². The number of amides is 2. The predicted molar refractivity (Wildman–Crippen MR) is 89.7 cm³/mol. The third-order valence-corrected chi connectivity index (χ3v) is 5.75. The zero-order valence-electron chi connectivity index (χ0n) is 13.9. The lowest BCUT2D eigenvalue weighted by Crippen LogP contribution is -2.40. The summed E-state index contributed by atoms with van der Waals surface area (Å²) in [5.74, 6) is -0.332. The van der Waals surface area contributed by atoms with Crippen LogP contribution in [0.4, 0.5) is 0 Å². The molecule has 1 aliphatic rings. The molecule has 7 heteroatoms. The first kappa shape index (κ1) is 17.9. The normalized spacial score (nSPS) is 17.7. The van der Waals surface area contributed by atoms with E-state index in [4.69, 9.17) is 5.21 Å². The van der Waals surface area contributed by atoms with E-state index in [1.165, 1.54) is 11.3 Å². The molecule has 3 N–H and O–H groups in total. The van der Waals surface area contributed by atoms with Gasteiger partial charge >= 0.3 is 0 Å². The van der Waals surface area contributed by atoms with Gasteiger partial charge < -0.3 is 10.2 Å². The molecular weight excluding hydrogens is 314 g/mol. The average molecular weight is 339 g/mol. The molecule has 2 heterocycles. The Labute approximate surface area is 140 Å². The number of likely N-dealkylation sites (tertiary alicyclic amines) is 1. The average Bonchev–Trinajstić information content (AvgIpc) is 2.94. The molecule has 0 aliphatic carbocycles. The van der Waals surface area contributed by atoms with Gasteiger partial charge in [-0.3, -0.25) is 14.8 Å². The van der Waals surface area contributed by atoms with Crippen molar-refractivity contribution >= 4 is 23.2 Å². The molecular formula is C16H25N3O3S. The maximum atomic E-state index is 12.5. The third-order valence-electron chi connectivity index (χ3n) is 4.40. The van der Waals surface area contributed by atoms with Crippen LogP contribution in [0.5, 0.6) is 0 Å². The fourth-order valence-electron chi connectivity index (χ4n) is 2.89. The minimum atomic E-state index is -0.504. The minimum absolute atomic E-state index is 0.0709. The second-order valence-corrected chi connectivity index (χ2v) is 7.23. The van der Waals surface area contributed by atoms with E-state index >= 15 is 0 Å². The van der Waals surface area contributed by atoms with E-state index in [1.807, 2.05) is 19.9 Å². The molecule has 0 radical (unpaired) electrons. The summed E-state index contributed by atoms with van der Waals surface area (Å²) in [5, 5.41) is 11.9. The van der Waals surface area contributed by atoms with Gasteiger partial charge in [-0.1, -0.05) is 6.92 Å². The fraction of sp³-hybridized carbons (Fsp3) is 0.625. The highest BCUT2D eigenvalue weighted by molar-refractivity contribution is 7.14. The lowest BCUT2D eigenvalue weighted by molar-refractivity contribution is -0.127. The van der Waals surface area contributed by atoms with Crippen molar-refractivity contribution in [2.45, 2.75) is 39.2 Å². The topological polar surface area (TPSA) is 81.7 Å². The number of carbonyl (C=O) groups is 2. The number of thiophene rings is 1. The Morgan fingerprint density at radius 1 is 1.43 bits per heavy atom. The van der Waals surface area contributed by atoms with Crippen molar-refractivity contribution in [2.24, 2.45) is 5.92 Å². The predicted octanol–water partition coefficient (Wildman–Crippen LogP) is 2.08.